The molecule has 1 aliphatic carbocycles. The summed E-state index contributed by atoms with van der Waals surface area (Å²) in [6, 6.07) is 19.2. The number of nitriles is 1. The van der Waals surface area contributed by atoms with E-state index >= 15 is 0 Å². The number of likely N-dealkylation sites (tertiary alicyclic amines) is 1. The van der Waals surface area contributed by atoms with Crippen LogP contribution in [0.5, 0.6) is 0 Å². The lowest BCUT2D eigenvalue weighted by Crippen LogP contribution is -2.33. The smallest absolute Gasteiger partial charge is 0.263 e. The van der Waals surface area contributed by atoms with Crippen LogP contribution in [0.3, 0.4) is 0 Å². The highest BCUT2D eigenvalue weighted by atomic mass is 16.1. The monoisotopic (exact) mass is 427 g/mol. The molecule has 0 saturated carbocycles. The molecule has 1 aliphatic heterocycles. The molecule has 0 aromatic heterocycles. The molecule has 4 heteroatoms. The van der Waals surface area contributed by atoms with Crippen molar-refractivity contribution in [3.8, 4) is 6.07 Å². The zero-order valence-electron chi connectivity index (χ0n) is 19.0. The molecule has 0 radical (unpaired) electrons. The van der Waals surface area contributed by atoms with Gasteiger partial charge in [0.2, 0.25) is 0 Å². The summed E-state index contributed by atoms with van der Waals surface area (Å²) >= 11 is 0. The molecule has 1 amide bonds. The molecule has 166 valence electrons. The highest BCUT2D eigenvalue weighted by Crippen LogP contribution is 2.25. The molecule has 1 atom stereocenters. The van der Waals surface area contributed by atoms with E-state index in [0.29, 0.717) is 5.92 Å². The maximum Gasteiger partial charge on any atom is 0.263 e. The molecule has 1 saturated heterocycles. The Hall–Kier alpha value is -3.06. The van der Waals surface area contributed by atoms with Gasteiger partial charge in [-0.25, -0.2) is 0 Å². The third kappa shape index (κ3) is 5.59. The second-order valence-electron chi connectivity index (χ2n) is 9.25. The molecule has 1 fully saturated rings. The molecule has 4 rings (SSSR count). The normalized spacial score (nSPS) is 17.9. The first kappa shape index (κ1) is 22.1. The average Bonchev–Trinajstić information content (AvgIpc) is 2.83. The zero-order chi connectivity index (χ0) is 22.3. The second-order valence-corrected chi connectivity index (χ2v) is 9.25. The first-order valence-corrected chi connectivity index (χ1v) is 11.9. The molecule has 1 N–H and O–H groups in total. The third-order valence-corrected chi connectivity index (χ3v) is 6.91. The Balaban J connectivity index is 1.32. The second kappa shape index (κ2) is 10.5. The standard InChI is InChI=1S/C28H33N3O/c1-21(25-12-11-24-9-5-6-10-26(24)18-25)30-28(32)27(19-29)20-31-15-13-23(14-16-31)17-22-7-3-2-4-8-22/h2-4,7-8,11-12,18,20-21,23H,5-6,9-10,13-17H2,1H3,(H,30,32)/b27-20-. The summed E-state index contributed by atoms with van der Waals surface area (Å²) in [5.74, 6) is 0.370. The molecule has 0 bridgehead atoms. The molecule has 4 nitrogen and oxygen atoms in total. The number of aryl methyl sites for hydroxylation is 2. The number of hydrogen-bond acceptors (Lipinski definition) is 3. The van der Waals surface area contributed by atoms with E-state index < -0.39 is 0 Å². The van der Waals surface area contributed by atoms with Gasteiger partial charge in [0.05, 0.1) is 6.04 Å². The Morgan fingerprint density at radius 2 is 1.84 bits per heavy atom. The van der Waals surface area contributed by atoms with Gasteiger partial charge in [-0.2, -0.15) is 5.26 Å². The number of benzene rings is 2. The molecule has 1 heterocycles. The third-order valence-electron chi connectivity index (χ3n) is 6.91. The first-order valence-electron chi connectivity index (χ1n) is 11.9. The van der Waals surface area contributed by atoms with Crippen LogP contribution in [0.4, 0.5) is 0 Å². The summed E-state index contributed by atoms with van der Waals surface area (Å²) in [5.41, 5.74) is 5.53. The van der Waals surface area contributed by atoms with E-state index in [2.05, 4.69) is 64.8 Å². The van der Waals surface area contributed by atoms with Crippen LogP contribution in [0.15, 0.2) is 60.3 Å². The van der Waals surface area contributed by atoms with Crippen molar-refractivity contribution in [3.05, 3.63) is 82.6 Å². The number of carbonyl (C=O) groups excluding carboxylic acids is 1. The minimum atomic E-state index is -0.288. The van der Waals surface area contributed by atoms with Crippen LogP contribution in [0.1, 0.15) is 60.9 Å². The van der Waals surface area contributed by atoms with E-state index in [0.717, 1.165) is 50.8 Å². The van der Waals surface area contributed by atoms with Crippen LogP contribution in [0.25, 0.3) is 0 Å². The lowest BCUT2D eigenvalue weighted by atomic mass is 9.89. The summed E-state index contributed by atoms with van der Waals surface area (Å²) in [5, 5.41) is 12.6. The number of piperidine rings is 1. The Kier molecular flexibility index (Phi) is 7.27. The zero-order valence-corrected chi connectivity index (χ0v) is 19.0. The van der Waals surface area contributed by atoms with Crippen molar-refractivity contribution in [1.82, 2.24) is 10.2 Å². The van der Waals surface area contributed by atoms with Crippen LogP contribution in [0, 0.1) is 17.2 Å². The van der Waals surface area contributed by atoms with Crippen molar-refractivity contribution >= 4 is 5.91 Å². The van der Waals surface area contributed by atoms with Crippen molar-refractivity contribution in [2.45, 2.75) is 57.9 Å². The van der Waals surface area contributed by atoms with Crippen LogP contribution in [-0.2, 0) is 24.1 Å². The Labute approximate surface area is 191 Å². The minimum absolute atomic E-state index is 0.122. The van der Waals surface area contributed by atoms with Gasteiger partial charge in [-0.05, 0) is 80.0 Å². The number of fused-ring (bicyclic) bond motifs is 1. The van der Waals surface area contributed by atoms with E-state index in [1.807, 2.05) is 6.92 Å². The number of rotatable bonds is 6. The van der Waals surface area contributed by atoms with E-state index in [-0.39, 0.29) is 17.5 Å². The lowest BCUT2D eigenvalue weighted by molar-refractivity contribution is -0.117. The SMILES string of the molecule is CC(NC(=O)/C(C#N)=C\N1CCC(Cc2ccccc2)CC1)c1ccc2c(c1)CCCC2. The highest BCUT2D eigenvalue weighted by molar-refractivity contribution is 5.97. The number of hydrogen-bond donors (Lipinski definition) is 1. The topological polar surface area (TPSA) is 56.1 Å². The minimum Gasteiger partial charge on any atom is -0.376 e. The lowest BCUT2D eigenvalue weighted by Gasteiger charge is -2.31. The number of nitrogens with zero attached hydrogens (tertiary/aromatic N) is 2. The first-order chi connectivity index (χ1) is 15.6. The summed E-state index contributed by atoms with van der Waals surface area (Å²) in [6.07, 6.45) is 9.79. The molecule has 1 unspecified atom stereocenters. The van der Waals surface area contributed by atoms with Crippen molar-refractivity contribution in [2.75, 3.05) is 13.1 Å². The van der Waals surface area contributed by atoms with E-state index in [9.17, 15) is 10.1 Å². The molecular weight excluding hydrogens is 394 g/mol. The van der Waals surface area contributed by atoms with Crippen LogP contribution >= 0.6 is 0 Å². The maximum atomic E-state index is 12.8. The highest BCUT2D eigenvalue weighted by Gasteiger charge is 2.21. The fourth-order valence-electron chi connectivity index (χ4n) is 4.93. The van der Waals surface area contributed by atoms with Crippen molar-refractivity contribution in [1.29, 1.82) is 5.26 Å². The van der Waals surface area contributed by atoms with Crippen LogP contribution in [-0.4, -0.2) is 23.9 Å². The molecule has 0 spiro atoms. The van der Waals surface area contributed by atoms with Gasteiger partial charge in [0.15, 0.2) is 0 Å². The molecular formula is C28H33N3O. The predicted octanol–water partition coefficient (Wildman–Crippen LogP) is 5.10. The number of nitrogens with one attached hydrogen (secondary N) is 1. The van der Waals surface area contributed by atoms with E-state index in [4.69, 9.17) is 0 Å². The Morgan fingerprint density at radius 1 is 1.12 bits per heavy atom. The largest absolute Gasteiger partial charge is 0.376 e. The Morgan fingerprint density at radius 3 is 2.56 bits per heavy atom. The summed E-state index contributed by atoms with van der Waals surface area (Å²) < 4.78 is 0. The Bertz CT molecular complexity index is 997. The van der Waals surface area contributed by atoms with Gasteiger partial charge < -0.3 is 10.2 Å². The van der Waals surface area contributed by atoms with Gasteiger partial charge >= 0.3 is 0 Å². The van der Waals surface area contributed by atoms with Gasteiger partial charge in [0.25, 0.3) is 5.91 Å². The van der Waals surface area contributed by atoms with Gasteiger partial charge in [-0.3, -0.25) is 4.79 Å². The quantitative estimate of drug-likeness (QED) is 0.515. The fraction of sp³-hybridized carbons (Fsp3) is 0.429. The van der Waals surface area contributed by atoms with Crippen LogP contribution < -0.4 is 5.32 Å². The fourth-order valence-corrected chi connectivity index (χ4v) is 4.93. The summed E-state index contributed by atoms with van der Waals surface area (Å²) in [6.45, 7) is 3.76. The predicted molar refractivity (Wildman–Crippen MR) is 128 cm³/mol. The average molecular weight is 428 g/mol. The van der Waals surface area contributed by atoms with Gasteiger partial charge in [-0.15, -0.1) is 0 Å². The van der Waals surface area contributed by atoms with E-state index in [1.54, 1.807) is 6.20 Å². The summed E-state index contributed by atoms with van der Waals surface area (Å²) in [7, 11) is 0. The van der Waals surface area contributed by atoms with Gasteiger partial charge in [0.1, 0.15) is 11.6 Å². The van der Waals surface area contributed by atoms with Gasteiger partial charge in [-0.1, -0.05) is 48.5 Å². The van der Waals surface area contributed by atoms with E-state index in [1.165, 1.54) is 29.5 Å². The molecule has 2 aromatic carbocycles. The molecule has 2 aromatic rings. The van der Waals surface area contributed by atoms with Crippen molar-refractivity contribution < 1.29 is 4.79 Å². The van der Waals surface area contributed by atoms with Crippen molar-refractivity contribution in [3.63, 3.8) is 0 Å². The van der Waals surface area contributed by atoms with Crippen molar-refractivity contribution in [2.24, 2.45) is 5.92 Å². The summed E-state index contributed by atoms with van der Waals surface area (Å²) in [4.78, 5) is 14.9. The molecule has 32 heavy (non-hydrogen) atoms. The number of amides is 1. The maximum absolute atomic E-state index is 12.8. The van der Waals surface area contributed by atoms with Gasteiger partial charge in [0, 0.05) is 19.3 Å². The number of carbonyl (C=O) groups is 1. The molecule has 2 aliphatic rings. The van der Waals surface area contributed by atoms with Crippen LogP contribution in [0.2, 0.25) is 0 Å².